The van der Waals surface area contributed by atoms with Crippen LogP contribution in [0.1, 0.15) is 31.9 Å². The van der Waals surface area contributed by atoms with E-state index in [0.29, 0.717) is 12.6 Å². The maximum Gasteiger partial charge on any atom is 0.148 e. The molecule has 0 aliphatic carbocycles. The fraction of sp³-hybridized carbons (Fsp3) is 0.400. The first-order valence-electron chi connectivity index (χ1n) is 6.65. The molecule has 19 heavy (non-hydrogen) atoms. The predicted molar refractivity (Wildman–Crippen MR) is 77.5 cm³/mol. The molecule has 0 spiro atoms. The van der Waals surface area contributed by atoms with Gasteiger partial charge in [0.15, 0.2) is 0 Å². The quantitative estimate of drug-likeness (QED) is 0.863. The zero-order valence-corrected chi connectivity index (χ0v) is 11.8. The van der Waals surface area contributed by atoms with Gasteiger partial charge < -0.3 is 10.1 Å². The van der Waals surface area contributed by atoms with Crippen LogP contribution < -0.4 is 10.1 Å². The van der Waals surface area contributed by atoms with Crippen molar-refractivity contribution in [3.05, 3.63) is 42.1 Å². The van der Waals surface area contributed by atoms with Crippen molar-refractivity contribution in [1.29, 1.82) is 0 Å². The van der Waals surface area contributed by atoms with Crippen LogP contribution in [0.5, 0.6) is 5.75 Å². The molecule has 0 saturated heterocycles. The molecule has 0 aliphatic heterocycles. The van der Waals surface area contributed by atoms with E-state index in [1.807, 2.05) is 35.1 Å². The number of hydrogen-bond donors (Lipinski definition) is 1. The summed E-state index contributed by atoms with van der Waals surface area (Å²) in [5.41, 5.74) is 1.13. The normalized spacial score (nSPS) is 12.2. The van der Waals surface area contributed by atoms with Crippen molar-refractivity contribution in [2.24, 2.45) is 0 Å². The third-order valence-corrected chi connectivity index (χ3v) is 3.30. The second kappa shape index (κ2) is 6.27. The van der Waals surface area contributed by atoms with Crippen LogP contribution >= 0.6 is 0 Å². The largest absolute Gasteiger partial charge is 0.496 e. The number of nitrogens with one attached hydrogen (secondary N) is 1. The SMILES string of the molecule is CC[C@@H](C)n1ccc(NCc2ccccc2OC)n1. The molecule has 0 amide bonds. The lowest BCUT2D eigenvalue weighted by Crippen LogP contribution is -2.06. The Morgan fingerprint density at radius 1 is 1.32 bits per heavy atom. The highest BCUT2D eigenvalue weighted by Crippen LogP contribution is 2.19. The molecule has 0 saturated carbocycles. The van der Waals surface area contributed by atoms with Gasteiger partial charge in [-0.25, -0.2) is 0 Å². The number of aromatic nitrogens is 2. The number of anilines is 1. The number of rotatable bonds is 6. The summed E-state index contributed by atoms with van der Waals surface area (Å²) in [6, 6.07) is 10.4. The van der Waals surface area contributed by atoms with E-state index in [0.717, 1.165) is 23.6 Å². The van der Waals surface area contributed by atoms with Crippen LogP contribution in [0.15, 0.2) is 36.5 Å². The first-order valence-corrected chi connectivity index (χ1v) is 6.65. The van der Waals surface area contributed by atoms with Gasteiger partial charge >= 0.3 is 0 Å². The fourth-order valence-corrected chi connectivity index (χ4v) is 1.90. The topological polar surface area (TPSA) is 39.1 Å². The van der Waals surface area contributed by atoms with E-state index < -0.39 is 0 Å². The predicted octanol–water partition coefficient (Wildman–Crippen LogP) is 3.47. The molecule has 0 bridgehead atoms. The second-order valence-electron chi connectivity index (χ2n) is 4.60. The van der Waals surface area contributed by atoms with E-state index in [4.69, 9.17) is 4.74 Å². The molecule has 1 aromatic carbocycles. The third-order valence-electron chi connectivity index (χ3n) is 3.30. The van der Waals surface area contributed by atoms with Gasteiger partial charge in [0.2, 0.25) is 0 Å². The Labute approximate surface area is 114 Å². The maximum atomic E-state index is 5.33. The molecular weight excluding hydrogens is 238 g/mol. The van der Waals surface area contributed by atoms with Gasteiger partial charge in [0.05, 0.1) is 7.11 Å². The highest BCUT2D eigenvalue weighted by molar-refractivity contribution is 5.39. The summed E-state index contributed by atoms with van der Waals surface area (Å²) in [7, 11) is 1.69. The van der Waals surface area contributed by atoms with Gasteiger partial charge in [0.25, 0.3) is 0 Å². The van der Waals surface area contributed by atoms with Gasteiger partial charge in [-0.3, -0.25) is 4.68 Å². The molecule has 1 aromatic heterocycles. The van der Waals surface area contributed by atoms with Crippen LogP contribution in [0.25, 0.3) is 0 Å². The summed E-state index contributed by atoms with van der Waals surface area (Å²) in [5.74, 6) is 1.79. The molecule has 1 N–H and O–H groups in total. The number of para-hydroxylation sites is 1. The molecule has 1 heterocycles. The summed E-state index contributed by atoms with van der Waals surface area (Å²) < 4.78 is 7.32. The zero-order valence-electron chi connectivity index (χ0n) is 11.8. The van der Waals surface area contributed by atoms with Crippen LogP contribution in [-0.4, -0.2) is 16.9 Å². The Bertz CT molecular complexity index is 522. The average Bonchev–Trinajstić information content (AvgIpc) is 2.93. The lowest BCUT2D eigenvalue weighted by Gasteiger charge is -2.10. The number of hydrogen-bond acceptors (Lipinski definition) is 3. The molecule has 102 valence electrons. The van der Waals surface area contributed by atoms with Crippen LogP contribution in [0, 0.1) is 0 Å². The van der Waals surface area contributed by atoms with E-state index in [1.165, 1.54) is 0 Å². The first kappa shape index (κ1) is 13.5. The average molecular weight is 259 g/mol. The van der Waals surface area contributed by atoms with E-state index in [-0.39, 0.29) is 0 Å². The molecule has 1 atom stereocenters. The van der Waals surface area contributed by atoms with Crippen LogP contribution in [-0.2, 0) is 6.54 Å². The van der Waals surface area contributed by atoms with Crippen molar-refractivity contribution >= 4 is 5.82 Å². The van der Waals surface area contributed by atoms with Gasteiger partial charge in [-0.05, 0) is 19.4 Å². The molecular formula is C15H21N3O. The van der Waals surface area contributed by atoms with Gasteiger partial charge in [-0.15, -0.1) is 0 Å². The molecule has 2 aromatic rings. The minimum absolute atomic E-state index is 0.432. The number of benzene rings is 1. The van der Waals surface area contributed by atoms with E-state index in [1.54, 1.807) is 7.11 Å². The van der Waals surface area contributed by atoms with E-state index in [2.05, 4.69) is 30.3 Å². The van der Waals surface area contributed by atoms with Crippen molar-refractivity contribution in [2.75, 3.05) is 12.4 Å². The summed E-state index contributed by atoms with van der Waals surface area (Å²) in [5, 5.41) is 7.84. The second-order valence-corrected chi connectivity index (χ2v) is 4.60. The zero-order chi connectivity index (χ0) is 13.7. The summed E-state index contributed by atoms with van der Waals surface area (Å²) in [6.45, 7) is 5.03. The standard InChI is InChI=1S/C15H21N3O/c1-4-12(2)18-10-9-15(17-18)16-11-13-7-5-6-8-14(13)19-3/h5-10,12H,4,11H2,1-3H3,(H,16,17)/t12-/m1/s1. The Hall–Kier alpha value is -1.97. The van der Waals surface area contributed by atoms with Crippen molar-refractivity contribution in [2.45, 2.75) is 32.9 Å². The van der Waals surface area contributed by atoms with Crippen LogP contribution in [0.2, 0.25) is 0 Å². The Morgan fingerprint density at radius 2 is 2.11 bits per heavy atom. The van der Waals surface area contributed by atoms with Crippen molar-refractivity contribution < 1.29 is 4.74 Å². The Balaban J connectivity index is 2.00. The highest BCUT2D eigenvalue weighted by atomic mass is 16.5. The molecule has 4 heteroatoms. The number of methoxy groups -OCH3 is 1. The Kier molecular flexibility index (Phi) is 4.44. The van der Waals surface area contributed by atoms with Crippen molar-refractivity contribution in [3.8, 4) is 5.75 Å². The minimum atomic E-state index is 0.432. The maximum absolute atomic E-state index is 5.33. The Morgan fingerprint density at radius 3 is 2.84 bits per heavy atom. The number of ether oxygens (including phenoxy) is 1. The van der Waals surface area contributed by atoms with Crippen molar-refractivity contribution in [3.63, 3.8) is 0 Å². The lowest BCUT2D eigenvalue weighted by molar-refractivity contribution is 0.410. The van der Waals surface area contributed by atoms with Gasteiger partial charge in [0.1, 0.15) is 11.6 Å². The minimum Gasteiger partial charge on any atom is -0.496 e. The summed E-state index contributed by atoms with van der Waals surface area (Å²) >= 11 is 0. The molecule has 0 fully saturated rings. The van der Waals surface area contributed by atoms with Gasteiger partial charge in [0, 0.05) is 30.4 Å². The van der Waals surface area contributed by atoms with Gasteiger partial charge in [-0.1, -0.05) is 25.1 Å². The van der Waals surface area contributed by atoms with E-state index in [9.17, 15) is 0 Å². The van der Waals surface area contributed by atoms with Crippen LogP contribution in [0.3, 0.4) is 0 Å². The lowest BCUT2D eigenvalue weighted by atomic mass is 10.2. The highest BCUT2D eigenvalue weighted by Gasteiger charge is 2.05. The third kappa shape index (κ3) is 3.28. The molecule has 4 nitrogen and oxygen atoms in total. The monoisotopic (exact) mass is 259 g/mol. The van der Waals surface area contributed by atoms with Crippen LogP contribution in [0.4, 0.5) is 5.82 Å². The number of nitrogens with zero attached hydrogens (tertiary/aromatic N) is 2. The smallest absolute Gasteiger partial charge is 0.148 e. The molecule has 2 rings (SSSR count). The van der Waals surface area contributed by atoms with E-state index >= 15 is 0 Å². The molecule has 0 aliphatic rings. The first-order chi connectivity index (χ1) is 9.24. The summed E-state index contributed by atoms with van der Waals surface area (Å²) in [4.78, 5) is 0. The summed E-state index contributed by atoms with van der Waals surface area (Å²) in [6.07, 6.45) is 3.09. The molecule has 0 radical (unpaired) electrons. The fourth-order valence-electron chi connectivity index (χ4n) is 1.90. The molecule has 0 unspecified atom stereocenters. The van der Waals surface area contributed by atoms with Crippen molar-refractivity contribution in [1.82, 2.24) is 9.78 Å². The van der Waals surface area contributed by atoms with Gasteiger partial charge in [-0.2, -0.15) is 5.10 Å².